The monoisotopic (exact) mass is 323 g/mol. The Morgan fingerprint density at radius 1 is 1.32 bits per heavy atom. The van der Waals surface area contributed by atoms with Crippen LogP contribution in [0.1, 0.15) is 57.2 Å². The summed E-state index contributed by atoms with van der Waals surface area (Å²) in [7, 11) is 0. The smallest absolute Gasteiger partial charge is 0.0444 e. The van der Waals surface area contributed by atoms with Gasteiger partial charge in [0.1, 0.15) is 0 Å². The fourth-order valence-electron chi connectivity index (χ4n) is 3.66. The highest BCUT2D eigenvalue weighted by Crippen LogP contribution is 2.49. The first-order chi connectivity index (χ1) is 9.03. The molecule has 106 valence electrons. The van der Waals surface area contributed by atoms with Crippen molar-refractivity contribution in [2.75, 3.05) is 0 Å². The SMILES string of the molecule is Cc1cccnc1CC(Br)C1(CC(C)C)CCCC1. The van der Waals surface area contributed by atoms with Crippen LogP contribution in [0.5, 0.6) is 0 Å². The molecule has 1 heterocycles. The lowest BCUT2D eigenvalue weighted by atomic mass is 9.74. The van der Waals surface area contributed by atoms with Gasteiger partial charge in [0.2, 0.25) is 0 Å². The summed E-state index contributed by atoms with van der Waals surface area (Å²) < 4.78 is 0. The number of aromatic nitrogens is 1. The summed E-state index contributed by atoms with van der Waals surface area (Å²) in [6, 6.07) is 4.20. The largest absolute Gasteiger partial charge is 0.261 e. The van der Waals surface area contributed by atoms with Crippen molar-refractivity contribution in [1.82, 2.24) is 4.98 Å². The van der Waals surface area contributed by atoms with E-state index in [-0.39, 0.29) is 0 Å². The number of hydrogen-bond acceptors (Lipinski definition) is 1. The Morgan fingerprint density at radius 3 is 2.58 bits per heavy atom. The Bertz CT molecular complexity index is 407. The van der Waals surface area contributed by atoms with Crippen LogP contribution < -0.4 is 0 Å². The van der Waals surface area contributed by atoms with Gasteiger partial charge < -0.3 is 0 Å². The van der Waals surface area contributed by atoms with Crippen molar-refractivity contribution in [1.29, 1.82) is 0 Å². The second-order valence-corrected chi connectivity index (χ2v) is 7.71. The van der Waals surface area contributed by atoms with Gasteiger partial charge in [0.05, 0.1) is 0 Å². The highest BCUT2D eigenvalue weighted by Gasteiger charge is 2.40. The lowest BCUT2D eigenvalue weighted by Crippen LogP contribution is -2.32. The Morgan fingerprint density at radius 2 is 2.00 bits per heavy atom. The minimum absolute atomic E-state index is 0.498. The lowest BCUT2D eigenvalue weighted by Gasteiger charge is -2.36. The van der Waals surface area contributed by atoms with E-state index in [2.05, 4.69) is 47.8 Å². The van der Waals surface area contributed by atoms with E-state index in [9.17, 15) is 0 Å². The summed E-state index contributed by atoms with van der Waals surface area (Å²) in [5, 5.41) is 0. The van der Waals surface area contributed by atoms with Crippen LogP contribution in [0.25, 0.3) is 0 Å². The highest BCUT2D eigenvalue weighted by atomic mass is 79.9. The van der Waals surface area contributed by atoms with Crippen LogP contribution in [-0.4, -0.2) is 9.81 Å². The van der Waals surface area contributed by atoms with Crippen molar-refractivity contribution in [2.24, 2.45) is 11.3 Å². The van der Waals surface area contributed by atoms with Gasteiger partial charge in [-0.05, 0) is 49.1 Å². The van der Waals surface area contributed by atoms with Gasteiger partial charge in [0.25, 0.3) is 0 Å². The van der Waals surface area contributed by atoms with Gasteiger partial charge >= 0.3 is 0 Å². The first-order valence-corrected chi connectivity index (χ1v) is 8.50. The van der Waals surface area contributed by atoms with Crippen LogP contribution in [-0.2, 0) is 6.42 Å². The third-order valence-electron chi connectivity index (χ3n) is 4.57. The zero-order chi connectivity index (χ0) is 13.9. The zero-order valence-electron chi connectivity index (χ0n) is 12.5. The van der Waals surface area contributed by atoms with Gasteiger partial charge in [0.15, 0.2) is 0 Å². The molecule has 0 saturated heterocycles. The summed E-state index contributed by atoms with van der Waals surface area (Å²) >= 11 is 4.02. The van der Waals surface area contributed by atoms with Crippen molar-refractivity contribution in [2.45, 2.75) is 64.1 Å². The van der Waals surface area contributed by atoms with Crippen molar-refractivity contribution in [3.05, 3.63) is 29.6 Å². The fraction of sp³-hybridized carbons (Fsp3) is 0.706. The molecule has 1 aromatic heterocycles. The minimum Gasteiger partial charge on any atom is -0.261 e. The third-order valence-corrected chi connectivity index (χ3v) is 5.86. The predicted octanol–water partition coefficient (Wildman–Crippen LogP) is 5.30. The van der Waals surface area contributed by atoms with E-state index in [4.69, 9.17) is 0 Å². The van der Waals surface area contributed by atoms with Crippen LogP contribution in [0, 0.1) is 18.3 Å². The lowest BCUT2D eigenvalue weighted by molar-refractivity contribution is 0.227. The van der Waals surface area contributed by atoms with E-state index in [1.807, 2.05) is 12.3 Å². The number of halogens is 1. The summed E-state index contributed by atoms with van der Waals surface area (Å²) in [6.45, 7) is 6.88. The van der Waals surface area contributed by atoms with E-state index < -0.39 is 0 Å². The van der Waals surface area contributed by atoms with Gasteiger partial charge in [-0.2, -0.15) is 0 Å². The van der Waals surface area contributed by atoms with Crippen LogP contribution in [0.4, 0.5) is 0 Å². The molecule has 1 atom stereocenters. The van der Waals surface area contributed by atoms with Crippen LogP contribution in [0.2, 0.25) is 0 Å². The van der Waals surface area contributed by atoms with Crippen LogP contribution in [0.3, 0.4) is 0 Å². The van der Waals surface area contributed by atoms with Gasteiger partial charge in [-0.15, -0.1) is 0 Å². The first-order valence-electron chi connectivity index (χ1n) is 7.58. The van der Waals surface area contributed by atoms with E-state index in [0.717, 1.165) is 12.3 Å². The third kappa shape index (κ3) is 3.59. The first kappa shape index (κ1) is 15.0. The average molecular weight is 324 g/mol. The minimum atomic E-state index is 0.498. The molecular formula is C17H26BrN. The molecule has 0 aliphatic heterocycles. The van der Waals surface area contributed by atoms with Gasteiger partial charge in [-0.25, -0.2) is 0 Å². The molecule has 1 unspecified atom stereocenters. The number of hydrogen-bond donors (Lipinski definition) is 0. The van der Waals surface area contributed by atoms with E-state index in [0.29, 0.717) is 10.2 Å². The maximum Gasteiger partial charge on any atom is 0.0444 e. The fourth-order valence-corrected chi connectivity index (χ4v) is 4.61. The molecule has 19 heavy (non-hydrogen) atoms. The van der Waals surface area contributed by atoms with Crippen LogP contribution in [0.15, 0.2) is 18.3 Å². The molecule has 1 aromatic rings. The maximum absolute atomic E-state index is 4.57. The summed E-state index contributed by atoms with van der Waals surface area (Å²) in [4.78, 5) is 5.14. The maximum atomic E-state index is 4.57. The molecule has 0 bridgehead atoms. The highest BCUT2D eigenvalue weighted by molar-refractivity contribution is 9.09. The molecule has 0 radical (unpaired) electrons. The van der Waals surface area contributed by atoms with E-state index in [1.54, 1.807) is 0 Å². The molecule has 1 fully saturated rings. The van der Waals surface area contributed by atoms with E-state index in [1.165, 1.54) is 43.4 Å². The van der Waals surface area contributed by atoms with Gasteiger partial charge in [-0.1, -0.05) is 48.7 Å². The Labute approximate surface area is 126 Å². The molecule has 0 spiro atoms. The Balaban J connectivity index is 2.12. The number of aryl methyl sites for hydroxylation is 1. The van der Waals surface area contributed by atoms with Crippen molar-refractivity contribution < 1.29 is 0 Å². The average Bonchev–Trinajstić information content (AvgIpc) is 2.81. The van der Waals surface area contributed by atoms with Crippen LogP contribution >= 0.6 is 15.9 Å². The molecular weight excluding hydrogens is 298 g/mol. The summed E-state index contributed by atoms with van der Waals surface area (Å²) in [6.07, 6.45) is 9.89. The number of pyridine rings is 1. The standard InChI is InChI=1S/C17H26BrN/c1-13(2)12-17(8-4-5-9-17)16(18)11-15-14(3)7-6-10-19-15/h6-7,10,13,16H,4-5,8-9,11-12H2,1-3H3. The normalized spacial score (nSPS) is 19.8. The topological polar surface area (TPSA) is 12.9 Å². The quantitative estimate of drug-likeness (QED) is 0.670. The number of alkyl halides is 1. The van der Waals surface area contributed by atoms with E-state index >= 15 is 0 Å². The molecule has 0 N–H and O–H groups in total. The van der Waals surface area contributed by atoms with Crippen molar-refractivity contribution >= 4 is 15.9 Å². The predicted molar refractivity (Wildman–Crippen MR) is 85.7 cm³/mol. The number of nitrogens with zero attached hydrogens (tertiary/aromatic N) is 1. The molecule has 0 amide bonds. The summed E-state index contributed by atoms with van der Waals surface area (Å²) in [5.41, 5.74) is 3.09. The molecule has 1 saturated carbocycles. The Kier molecular flexibility index (Phi) is 5.05. The van der Waals surface area contributed by atoms with Crippen molar-refractivity contribution in [3.8, 4) is 0 Å². The second-order valence-electron chi connectivity index (χ2n) is 6.61. The molecule has 2 heteroatoms. The zero-order valence-corrected chi connectivity index (χ0v) is 14.0. The molecule has 1 aliphatic rings. The molecule has 2 rings (SSSR count). The second kappa shape index (κ2) is 6.39. The molecule has 1 aliphatic carbocycles. The summed E-state index contributed by atoms with van der Waals surface area (Å²) in [5.74, 6) is 0.781. The van der Waals surface area contributed by atoms with Crippen molar-refractivity contribution in [3.63, 3.8) is 0 Å². The van der Waals surface area contributed by atoms with Gasteiger partial charge in [0, 0.05) is 23.1 Å². The van der Waals surface area contributed by atoms with Gasteiger partial charge in [-0.3, -0.25) is 4.98 Å². The molecule has 1 nitrogen and oxygen atoms in total. The molecule has 0 aromatic carbocycles. The Hall–Kier alpha value is -0.370. The number of rotatable bonds is 5.